The van der Waals surface area contributed by atoms with Gasteiger partial charge in [-0.2, -0.15) is 4.39 Å². The second-order valence-electron chi connectivity index (χ2n) is 8.69. The van der Waals surface area contributed by atoms with E-state index in [2.05, 4.69) is 4.98 Å². The van der Waals surface area contributed by atoms with Gasteiger partial charge in [0.1, 0.15) is 15.8 Å². The third-order valence-corrected chi connectivity index (χ3v) is 9.05. The maximum absolute atomic E-state index is 13.4. The number of fused-ring (bicyclic) bond motifs is 1. The van der Waals surface area contributed by atoms with Crippen LogP contribution in [0.1, 0.15) is 11.1 Å². The summed E-state index contributed by atoms with van der Waals surface area (Å²) >= 11 is 0.493. The molecule has 186 valence electrons. The summed E-state index contributed by atoms with van der Waals surface area (Å²) in [5.74, 6) is -0.880. The number of hydrogen-bond acceptors (Lipinski definition) is 6. The Kier molecular flexibility index (Phi) is 6.57. The molecule has 5 rings (SSSR count). The molecule has 0 unspecified atom stereocenters. The Bertz CT molecular complexity index is 1790. The van der Waals surface area contributed by atoms with E-state index in [1.54, 1.807) is 18.3 Å². The average molecular weight is 533 g/mol. The van der Waals surface area contributed by atoms with Crippen molar-refractivity contribution in [3.05, 3.63) is 112 Å². The van der Waals surface area contributed by atoms with Gasteiger partial charge in [0.05, 0.1) is 0 Å². The van der Waals surface area contributed by atoms with Gasteiger partial charge in [0.25, 0.3) is 5.56 Å². The molecule has 37 heavy (non-hydrogen) atoms. The average Bonchev–Trinajstić information content (AvgIpc) is 3.32. The summed E-state index contributed by atoms with van der Waals surface area (Å²) in [6, 6.07) is 20.9. The highest BCUT2D eigenvalue weighted by molar-refractivity contribution is 7.94. The van der Waals surface area contributed by atoms with Crippen molar-refractivity contribution in [3.8, 4) is 16.9 Å². The maximum atomic E-state index is 13.4. The number of aryl methyl sites for hydroxylation is 1. The monoisotopic (exact) mass is 532 g/mol. The fourth-order valence-corrected chi connectivity index (χ4v) is 6.49. The van der Waals surface area contributed by atoms with E-state index >= 15 is 0 Å². The Hall–Kier alpha value is -3.95. The lowest BCUT2D eigenvalue weighted by Crippen LogP contribution is -2.20. The number of carbonyl (C=O) groups is 1. The number of halogens is 1. The van der Waals surface area contributed by atoms with Crippen LogP contribution in [0.2, 0.25) is 0 Å². The van der Waals surface area contributed by atoms with Crippen molar-refractivity contribution in [1.29, 1.82) is 0 Å². The van der Waals surface area contributed by atoms with Crippen LogP contribution >= 0.6 is 11.3 Å². The second kappa shape index (κ2) is 9.84. The number of rotatable bonds is 7. The molecule has 0 bridgehead atoms. The smallest absolute Gasteiger partial charge is 0.264 e. The highest BCUT2D eigenvalue weighted by Crippen LogP contribution is 2.28. The van der Waals surface area contributed by atoms with Crippen molar-refractivity contribution >= 4 is 37.7 Å². The Morgan fingerprint density at radius 2 is 1.78 bits per heavy atom. The molecule has 0 saturated heterocycles. The van der Waals surface area contributed by atoms with Crippen molar-refractivity contribution in [1.82, 2.24) is 9.55 Å². The molecule has 6 nitrogen and oxygen atoms in total. The molecule has 0 radical (unpaired) electrons. The minimum Gasteiger partial charge on any atom is -0.298 e. The number of nitrogens with zero attached hydrogens (tertiary/aromatic N) is 2. The molecule has 0 aliphatic rings. The predicted octanol–water partition coefficient (Wildman–Crippen LogP) is 5.15. The van der Waals surface area contributed by atoms with Crippen molar-refractivity contribution < 1.29 is 17.6 Å². The molecule has 3 heterocycles. The number of Topliss-reactive ketones (excluding diaryl/α,β-unsaturated/α-hetero) is 1. The van der Waals surface area contributed by atoms with Crippen LogP contribution in [0.3, 0.4) is 0 Å². The van der Waals surface area contributed by atoms with Crippen LogP contribution in [0.25, 0.3) is 27.7 Å². The molecule has 0 fully saturated rings. The minimum atomic E-state index is -3.91. The van der Waals surface area contributed by atoms with E-state index in [1.807, 2.05) is 55.5 Å². The van der Waals surface area contributed by atoms with Gasteiger partial charge in [-0.1, -0.05) is 65.4 Å². The molecule has 0 spiro atoms. The standard InChI is InChI=1S/C28H21FN2O4S2/c1-18-7-9-22-23(13-18)24(20-5-3-2-4-6-20)16-31(28(22)33)26-11-8-19(15-30-26)14-21(32)17-37(34,35)27-12-10-25(29)36-27/h2-13,15-16H,14,17H2,1H3. The molecule has 2 aromatic carbocycles. The molecule has 5 aromatic rings. The SMILES string of the molecule is Cc1ccc2c(=O)n(-c3ccc(CC(=O)CS(=O)(=O)c4ccc(F)s4)cn3)cc(-c3ccccc3)c2c1. The number of ketones is 1. The van der Waals surface area contributed by atoms with Gasteiger partial charge in [-0.05, 0) is 47.7 Å². The van der Waals surface area contributed by atoms with Crippen LogP contribution in [0.15, 0.2) is 94.2 Å². The van der Waals surface area contributed by atoms with Crippen LogP contribution in [0, 0.1) is 12.1 Å². The van der Waals surface area contributed by atoms with Crippen LogP contribution in [0.4, 0.5) is 4.39 Å². The lowest BCUT2D eigenvalue weighted by Gasteiger charge is -2.13. The minimum absolute atomic E-state index is 0.151. The Morgan fingerprint density at radius 1 is 1.00 bits per heavy atom. The van der Waals surface area contributed by atoms with E-state index < -0.39 is 26.5 Å². The van der Waals surface area contributed by atoms with Crippen LogP contribution in [0.5, 0.6) is 0 Å². The zero-order chi connectivity index (χ0) is 26.2. The number of pyridine rings is 2. The molecule has 0 saturated carbocycles. The normalized spacial score (nSPS) is 11.6. The Labute approximate surface area is 216 Å². The summed E-state index contributed by atoms with van der Waals surface area (Å²) in [5, 5.41) is 0.782. The van der Waals surface area contributed by atoms with E-state index in [-0.39, 0.29) is 16.2 Å². The zero-order valence-electron chi connectivity index (χ0n) is 19.7. The number of sulfone groups is 1. The van der Waals surface area contributed by atoms with Gasteiger partial charge in [-0.3, -0.25) is 14.2 Å². The zero-order valence-corrected chi connectivity index (χ0v) is 21.4. The van der Waals surface area contributed by atoms with E-state index in [0.717, 1.165) is 34.2 Å². The van der Waals surface area contributed by atoms with Gasteiger partial charge in [-0.25, -0.2) is 13.4 Å². The molecular weight excluding hydrogens is 511 g/mol. The Morgan fingerprint density at radius 3 is 2.46 bits per heavy atom. The molecule has 0 amide bonds. The number of thiophene rings is 1. The van der Waals surface area contributed by atoms with E-state index in [1.165, 1.54) is 10.8 Å². The summed E-state index contributed by atoms with van der Waals surface area (Å²) < 4.78 is 39.2. The predicted molar refractivity (Wildman–Crippen MR) is 143 cm³/mol. The number of aromatic nitrogens is 2. The van der Waals surface area contributed by atoms with Gasteiger partial charge in [-0.15, -0.1) is 0 Å². The second-order valence-corrected chi connectivity index (χ2v) is 11.9. The van der Waals surface area contributed by atoms with Gasteiger partial charge in [0, 0.05) is 29.8 Å². The number of carbonyl (C=O) groups excluding carboxylic acids is 1. The van der Waals surface area contributed by atoms with Crippen molar-refractivity contribution in [2.75, 3.05) is 5.75 Å². The summed E-state index contributed by atoms with van der Waals surface area (Å²) in [6.45, 7) is 1.98. The Balaban J connectivity index is 1.45. The third kappa shape index (κ3) is 5.14. The van der Waals surface area contributed by atoms with Gasteiger partial charge >= 0.3 is 0 Å². The van der Waals surface area contributed by atoms with Gasteiger partial charge < -0.3 is 0 Å². The fraction of sp³-hybridized carbons (Fsp3) is 0.107. The molecule has 0 aliphatic carbocycles. The number of benzene rings is 2. The first-order valence-corrected chi connectivity index (χ1v) is 13.8. The number of hydrogen-bond donors (Lipinski definition) is 0. The molecule has 0 aliphatic heterocycles. The highest BCUT2D eigenvalue weighted by Gasteiger charge is 2.22. The summed E-state index contributed by atoms with van der Waals surface area (Å²) in [4.78, 5) is 30.2. The fourth-order valence-electron chi connectivity index (χ4n) is 4.16. The van der Waals surface area contributed by atoms with E-state index in [0.29, 0.717) is 28.1 Å². The molecule has 3 aromatic heterocycles. The summed E-state index contributed by atoms with van der Waals surface area (Å²) in [6.07, 6.45) is 3.07. The van der Waals surface area contributed by atoms with Crippen LogP contribution in [-0.4, -0.2) is 29.5 Å². The van der Waals surface area contributed by atoms with Crippen LogP contribution in [-0.2, 0) is 21.1 Å². The van der Waals surface area contributed by atoms with Gasteiger partial charge in [0.15, 0.2) is 20.8 Å². The van der Waals surface area contributed by atoms with Crippen molar-refractivity contribution in [2.45, 2.75) is 17.6 Å². The van der Waals surface area contributed by atoms with Crippen molar-refractivity contribution in [2.24, 2.45) is 0 Å². The lowest BCUT2D eigenvalue weighted by atomic mass is 9.99. The quantitative estimate of drug-likeness (QED) is 0.290. The third-order valence-electron chi connectivity index (χ3n) is 5.92. The summed E-state index contributed by atoms with van der Waals surface area (Å²) in [7, 11) is -3.91. The highest BCUT2D eigenvalue weighted by atomic mass is 32.2. The lowest BCUT2D eigenvalue weighted by molar-refractivity contribution is -0.116. The molecule has 0 atom stereocenters. The molecular formula is C28H21FN2O4S2. The first kappa shape index (κ1) is 24.7. The largest absolute Gasteiger partial charge is 0.298 e. The van der Waals surface area contributed by atoms with Crippen LogP contribution < -0.4 is 5.56 Å². The van der Waals surface area contributed by atoms with Gasteiger partial charge in [0.2, 0.25) is 0 Å². The summed E-state index contributed by atoms with van der Waals surface area (Å²) in [5.41, 5.74) is 3.17. The molecule has 0 N–H and O–H groups in total. The topological polar surface area (TPSA) is 86.1 Å². The van der Waals surface area contributed by atoms with E-state index in [9.17, 15) is 22.4 Å². The molecule has 9 heteroatoms. The first-order chi connectivity index (χ1) is 17.7. The first-order valence-electron chi connectivity index (χ1n) is 11.4. The maximum Gasteiger partial charge on any atom is 0.264 e. The van der Waals surface area contributed by atoms with Crippen molar-refractivity contribution in [3.63, 3.8) is 0 Å². The van der Waals surface area contributed by atoms with E-state index in [4.69, 9.17) is 0 Å².